The highest BCUT2D eigenvalue weighted by Crippen LogP contribution is 2.32. The molecule has 1 aromatic carbocycles. The fourth-order valence-electron chi connectivity index (χ4n) is 4.25. The molecule has 0 radical (unpaired) electrons. The minimum atomic E-state index is -4.40. The molecule has 0 bridgehead atoms. The smallest absolute Gasteiger partial charge is 0.363 e. The summed E-state index contributed by atoms with van der Waals surface area (Å²) in [6.07, 6.45) is -4.81. The molecule has 0 unspecified atom stereocenters. The number of aryl methyl sites for hydroxylation is 2. The number of alkyl halides is 3. The third-order valence-corrected chi connectivity index (χ3v) is 5.65. The van der Waals surface area contributed by atoms with E-state index in [1.165, 1.54) is 6.92 Å². The second-order valence-electron chi connectivity index (χ2n) is 8.44. The summed E-state index contributed by atoms with van der Waals surface area (Å²) in [6, 6.07) is 7.43. The number of halogens is 3. The second-order valence-corrected chi connectivity index (χ2v) is 8.44. The van der Waals surface area contributed by atoms with Crippen molar-refractivity contribution in [2.75, 3.05) is 13.1 Å². The minimum Gasteiger partial charge on any atom is -0.363 e. The normalized spacial score (nSPS) is 20.1. The SMILES string of the molecule is CC(=O)c1cc(-c2cn(C)nc2C)c2ccc(CN3C[C@@H](C)O[C@@H](C(F)(F)F)C3)cc2n1. The number of ether oxygens (including phenoxy) is 1. The number of fused-ring (bicyclic) bond motifs is 1. The average Bonchev–Trinajstić information content (AvgIpc) is 3.03. The van der Waals surface area contributed by atoms with Crippen molar-refractivity contribution >= 4 is 16.7 Å². The molecular formula is C23H25F3N4O2. The Morgan fingerprint density at radius 1 is 1.22 bits per heavy atom. The molecule has 9 heteroatoms. The van der Waals surface area contributed by atoms with Crippen LogP contribution in [0.5, 0.6) is 0 Å². The van der Waals surface area contributed by atoms with Crippen molar-refractivity contribution in [3.8, 4) is 11.1 Å². The molecule has 1 saturated heterocycles. The Morgan fingerprint density at radius 2 is 1.97 bits per heavy atom. The number of morpholine rings is 1. The van der Waals surface area contributed by atoms with E-state index in [2.05, 4.69) is 10.1 Å². The van der Waals surface area contributed by atoms with Crippen LogP contribution >= 0.6 is 0 Å². The van der Waals surface area contributed by atoms with Crippen molar-refractivity contribution in [2.24, 2.45) is 7.05 Å². The summed E-state index contributed by atoms with van der Waals surface area (Å²) in [7, 11) is 1.83. The average molecular weight is 446 g/mol. The van der Waals surface area contributed by atoms with Gasteiger partial charge in [-0.1, -0.05) is 12.1 Å². The van der Waals surface area contributed by atoms with Crippen molar-refractivity contribution in [2.45, 2.75) is 45.7 Å². The van der Waals surface area contributed by atoms with Crippen LogP contribution in [0.2, 0.25) is 0 Å². The zero-order valence-corrected chi connectivity index (χ0v) is 18.4. The number of ketones is 1. The molecule has 0 amide bonds. The van der Waals surface area contributed by atoms with Gasteiger partial charge in [0.15, 0.2) is 11.9 Å². The van der Waals surface area contributed by atoms with Gasteiger partial charge in [-0.3, -0.25) is 14.4 Å². The number of hydrogen-bond acceptors (Lipinski definition) is 5. The number of carbonyl (C=O) groups excluding carboxylic acids is 1. The first-order valence-corrected chi connectivity index (χ1v) is 10.4. The maximum Gasteiger partial charge on any atom is 0.415 e. The van der Waals surface area contributed by atoms with E-state index < -0.39 is 18.4 Å². The number of hydrogen-bond donors (Lipinski definition) is 0. The molecule has 0 aliphatic carbocycles. The van der Waals surface area contributed by atoms with Crippen molar-refractivity contribution in [1.29, 1.82) is 0 Å². The molecule has 170 valence electrons. The largest absolute Gasteiger partial charge is 0.415 e. The molecule has 0 N–H and O–H groups in total. The summed E-state index contributed by atoms with van der Waals surface area (Å²) < 4.78 is 46.4. The number of benzene rings is 1. The third-order valence-electron chi connectivity index (χ3n) is 5.65. The number of aromatic nitrogens is 3. The maximum atomic E-state index is 13.2. The lowest BCUT2D eigenvalue weighted by Crippen LogP contribution is -2.51. The van der Waals surface area contributed by atoms with E-state index in [0.717, 1.165) is 27.8 Å². The van der Waals surface area contributed by atoms with E-state index in [1.54, 1.807) is 22.6 Å². The summed E-state index contributed by atoms with van der Waals surface area (Å²) in [4.78, 5) is 18.4. The Morgan fingerprint density at radius 3 is 2.59 bits per heavy atom. The van der Waals surface area contributed by atoms with Crippen molar-refractivity contribution in [3.63, 3.8) is 0 Å². The van der Waals surface area contributed by atoms with E-state index in [4.69, 9.17) is 4.74 Å². The van der Waals surface area contributed by atoms with E-state index >= 15 is 0 Å². The number of carbonyl (C=O) groups is 1. The van der Waals surface area contributed by atoms with E-state index in [-0.39, 0.29) is 12.3 Å². The Balaban J connectivity index is 1.71. The van der Waals surface area contributed by atoms with Gasteiger partial charge in [-0.15, -0.1) is 0 Å². The zero-order valence-electron chi connectivity index (χ0n) is 18.4. The molecule has 6 nitrogen and oxygen atoms in total. The molecule has 3 heterocycles. The van der Waals surface area contributed by atoms with Gasteiger partial charge in [0, 0.05) is 50.8 Å². The molecular weight excluding hydrogens is 421 g/mol. The van der Waals surface area contributed by atoms with Gasteiger partial charge in [-0.2, -0.15) is 18.3 Å². The molecule has 2 atom stereocenters. The van der Waals surface area contributed by atoms with Crippen molar-refractivity contribution < 1.29 is 22.7 Å². The van der Waals surface area contributed by atoms with Gasteiger partial charge >= 0.3 is 6.18 Å². The highest BCUT2D eigenvalue weighted by atomic mass is 19.4. The fraction of sp³-hybridized carbons (Fsp3) is 0.435. The number of pyridine rings is 1. The van der Waals surface area contributed by atoms with Gasteiger partial charge in [0.05, 0.1) is 17.3 Å². The maximum absolute atomic E-state index is 13.2. The van der Waals surface area contributed by atoms with Gasteiger partial charge in [-0.05, 0) is 37.1 Å². The van der Waals surface area contributed by atoms with Gasteiger partial charge in [0.1, 0.15) is 5.69 Å². The Labute approximate surface area is 184 Å². The number of rotatable bonds is 4. The van der Waals surface area contributed by atoms with Gasteiger partial charge < -0.3 is 4.74 Å². The van der Waals surface area contributed by atoms with Crippen LogP contribution in [-0.4, -0.2) is 56.9 Å². The minimum absolute atomic E-state index is 0.157. The lowest BCUT2D eigenvalue weighted by Gasteiger charge is -2.37. The summed E-state index contributed by atoms with van der Waals surface area (Å²) in [5.41, 5.74) is 4.39. The number of Topliss-reactive ketones (excluding diaryl/α,β-unsaturated/α-hetero) is 1. The summed E-state index contributed by atoms with van der Waals surface area (Å²) >= 11 is 0. The zero-order chi connectivity index (χ0) is 23.2. The van der Waals surface area contributed by atoms with Gasteiger partial charge in [-0.25, -0.2) is 4.98 Å². The highest BCUT2D eigenvalue weighted by molar-refractivity contribution is 6.01. The first kappa shape index (κ1) is 22.4. The van der Waals surface area contributed by atoms with Crippen LogP contribution in [0.15, 0.2) is 30.5 Å². The van der Waals surface area contributed by atoms with E-state index in [1.807, 2.05) is 38.4 Å². The van der Waals surface area contributed by atoms with E-state index in [0.29, 0.717) is 24.3 Å². The molecule has 1 aliphatic rings. The van der Waals surface area contributed by atoms with Crippen molar-refractivity contribution in [3.05, 3.63) is 47.4 Å². The summed E-state index contributed by atoms with van der Waals surface area (Å²) in [5, 5.41) is 5.26. The molecule has 3 aromatic rings. The third kappa shape index (κ3) is 4.54. The summed E-state index contributed by atoms with van der Waals surface area (Å²) in [6.45, 7) is 5.54. The second kappa shape index (κ2) is 8.29. The molecule has 1 aliphatic heterocycles. The highest BCUT2D eigenvalue weighted by Gasteiger charge is 2.44. The predicted molar refractivity (Wildman–Crippen MR) is 114 cm³/mol. The standard InChI is InChI=1S/C23H25F3N4O2/c1-13-9-30(12-22(32-13)23(24,25)26)10-16-5-6-17-18(19-11-29(4)28-14(19)2)8-20(15(3)31)27-21(17)7-16/h5-8,11,13,22H,9-10,12H2,1-4H3/t13-,22-/m1/s1. The van der Waals surface area contributed by atoms with Crippen LogP contribution in [0.3, 0.4) is 0 Å². The molecule has 0 spiro atoms. The number of nitrogens with zero attached hydrogens (tertiary/aromatic N) is 4. The quantitative estimate of drug-likeness (QED) is 0.560. The van der Waals surface area contributed by atoms with Crippen LogP contribution in [-0.2, 0) is 18.3 Å². The molecule has 0 saturated carbocycles. The van der Waals surface area contributed by atoms with Gasteiger partial charge in [0.25, 0.3) is 0 Å². The molecule has 4 rings (SSSR count). The first-order valence-electron chi connectivity index (χ1n) is 10.4. The predicted octanol–water partition coefficient (Wildman–Crippen LogP) is 4.30. The van der Waals surface area contributed by atoms with Crippen LogP contribution in [0.25, 0.3) is 22.0 Å². The fourth-order valence-corrected chi connectivity index (χ4v) is 4.25. The van der Waals surface area contributed by atoms with Crippen LogP contribution in [0.4, 0.5) is 13.2 Å². The molecule has 2 aromatic heterocycles. The summed E-state index contributed by atoms with van der Waals surface area (Å²) in [5.74, 6) is -0.157. The van der Waals surface area contributed by atoms with Crippen LogP contribution in [0.1, 0.15) is 35.6 Å². The Kier molecular flexibility index (Phi) is 5.81. The monoisotopic (exact) mass is 446 g/mol. The van der Waals surface area contributed by atoms with E-state index in [9.17, 15) is 18.0 Å². The van der Waals surface area contributed by atoms with Gasteiger partial charge in [0.2, 0.25) is 0 Å². The topological polar surface area (TPSA) is 60.2 Å². The van der Waals surface area contributed by atoms with Crippen LogP contribution < -0.4 is 0 Å². The molecule has 1 fully saturated rings. The van der Waals surface area contributed by atoms with Crippen LogP contribution in [0, 0.1) is 6.92 Å². The lowest BCUT2D eigenvalue weighted by molar-refractivity contribution is -0.252. The Hall–Kier alpha value is -2.78. The lowest BCUT2D eigenvalue weighted by atomic mass is 9.98. The molecule has 32 heavy (non-hydrogen) atoms. The van der Waals surface area contributed by atoms with Crippen molar-refractivity contribution in [1.82, 2.24) is 19.7 Å². The Bertz CT molecular complexity index is 1170. The first-order chi connectivity index (χ1) is 15.0.